The third kappa shape index (κ3) is 9.18. The lowest BCUT2D eigenvalue weighted by atomic mass is 9.90. The number of anilines is 2. The standard InChI is InChI=1S/C28H30ClN5O2.C2HF3O2/c29-22-12-16-24(17-13-22)34-28(36)31-27(32-34)30-23-14-10-21(11-15-23)19-33(18-20-6-2-1-3-7-20)25-8-4-5-9-26(25)35;3-2(4,5)1(6)7/h1-3,6-7,10-17,25-26,35H,4-5,8-9,18-19H2,(H2,30,31,32,36);(H,6,7). The molecule has 13 heteroatoms. The summed E-state index contributed by atoms with van der Waals surface area (Å²) < 4.78 is 33.0. The van der Waals surface area contributed by atoms with Crippen molar-refractivity contribution in [2.45, 2.75) is 57.1 Å². The molecule has 0 radical (unpaired) electrons. The molecule has 1 aliphatic carbocycles. The smallest absolute Gasteiger partial charge is 0.475 e. The predicted octanol–water partition coefficient (Wildman–Crippen LogP) is 5.90. The van der Waals surface area contributed by atoms with Crippen LogP contribution in [0.4, 0.5) is 24.8 Å². The number of aliphatic hydroxyl groups is 1. The van der Waals surface area contributed by atoms with Gasteiger partial charge in [-0.2, -0.15) is 17.9 Å². The molecule has 2 unspecified atom stereocenters. The van der Waals surface area contributed by atoms with Crippen LogP contribution in [0.3, 0.4) is 0 Å². The number of aliphatic hydroxyl groups excluding tert-OH is 1. The molecule has 4 aromatic rings. The van der Waals surface area contributed by atoms with E-state index in [2.05, 4.69) is 56.7 Å². The highest BCUT2D eigenvalue weighted by molar-refractivity contribution is 6.30. The van der Waals surface area contributed by atoms with Crippen LogP contribution in [0.15, 0.2) is 83.7 Å². The Morgan fingerprint density at radius 3 is 2.14 bits per heavy atom. The van der Waals surface area contributed by atoms with Crippen molar-refractivity contribution in [1.29, 1.82) is 0 Å². The first-order valence-electron chi connectivity index (χ1n) is 13.6. The molecule has 43 heavy (non-hydrogen) atoms. The molecule has 0 amide bonds. The molecule has 9 nitrogen and oxygen atoms in total. The van der Waals surface area contributed by atoms with Crippen molar-refractivity contribution in [2.24, 2.45) is 0 Å². The Balaban J connectivity index is 0.000000541. The van der Waals surface area contributed by atoms with Crippen molar-refractivity contribution in [3.63, 3.8) is 0 Å². The number of nitrogens with one attached hydrogen (secondary N) is 2. The number of carboxylic acid groups (broad SMARTS) is 1. The Labute approximate surface area is 250 Å². The third-order valence-corrected chi connectivity index (χ3v) is 7.18. The van der Waals surface area contributed by atoms with Gasteiger partial charge in [0.2, 0.25) is 5.95 Å². The summed E-state index contributed by atoms with van der Waals surface area (Å²) in [5.41, 5.74) is 3.53. The van der Waals surface area contributed by atoms with E-state index in [0.717, 1.165) is 50.0 Å². The first-order valence-corrected chi connectivity index (χ1v) is 13.9. The average Bonchev–Trinajstić information content (AvgIpc) is 3.34. The van der Waals surface area contributed by atoms with Crippen molar-refractivity contribution < 1.29 is 28.2 Å². The Morgan fingerprint density at radius 2 is 1.56 bits per heavy atom. The summed E-state index contributed by atoms with van der Waals surface area (Å²) in [5.74, 6) is -2.40. The summed E-state index contributed by atoms with van der Waals surface area (Å²) in [6, 6.07) is 25.6. The van der Waals surface area contributed by atoms with Crippen LogP contribution in [-0.2, 0) is 17.9 Å². The van der Waals surface area contributed by atoms with E-state index in [0.29, 0.717) is 16.7 Å². The van der Waals surface area contributed by atoms with Crippen LogP contribution in [0, 0.1) is 0 Å². The number of hydrogen-bond donors (Lipinski definition) is 4. The molecule has 2 atom stereocenters. The fourth-order valence-corrected chi connectivity index (χ4v) is 4.95. The topological polar surface area (TPSA) is 123 Å². The van der Waals surface area contributed by atoms with Gasteiger partial charge in [-0.25, -0.2) is 9.59 Å². The van der Waals surface area contributed by atoms with Crippen LogP contribution in [0.1, 0.15) is 36.8 Å². The second kappa shape index (κ2) is 14.4. The van der Waals surface area contributed by atoms with Crippen LogP contribution >= 0.6 is 11.6 Å². The van der Waals surface area contributed by atoms with E-state index in [1.54, 1.807) is 24.3 Å². The maximum atomic E-state index is 12.4. The number of carboxylic acids is 1. The molecule has 3 aromatic carbocycles. The molecule has 1 saturated carbocycles. The molecule has 4 N–H and O–H groups in total. The quantitative estimate of drug-likeness (QED) is 0.194. The second-order valence-corrected chi connectivity index (χ2v) is 10.5. The number of alkyl halides is 3. The number of aliphatic carboxylic acids is 1. The molecular formula is C30H31ClF3N5O4. The number of benzene rings is 3. The Morgan fingerprint density at radius 1 is 0.977 bits per heavy atom. The van der Waals surface area contributed by atoms with E-state index in [1.807, 2.05) is 18.2 Å². The van der Waals surface area contributed by atoms with E-state index in [4.69, 9.17) is 21.5 Å². The molecule has 1 aliphatic rings. The highest BCUT2D eigenvalue weighted by Crippen LogP contribution is 2.27. The Kier molecular flexibility index (Phi) is 10.6. The average molecular weight is 618 g/mol. The van der Waals surface area contributed by atoms with Crippen LogP contribution < -0.4 is 11.0 Å². The van der Waals surface area contributed by atoms with Crippen molar-refractivity contribution >= 4 is 29.2 Å². The molecule has 0 aliphatic heterocycles. The predicted molar refractivity (Wildman–Crippen MR) is 157 cm³/mol. The zero-order valence-corrected chi connectivity index (χ0v) is 23.7. The third-order valence-electron chi connectivity index (χ3n) is 6.93. The highest BCUT2D eigenvalue weighted by atomic mass is 35.5. The highest BCUT2D eigenvalue weighted by Gasteiger charge is 2.38. The maximum absolute atomic E-state index is 12.4. The van der Waals surface area contributed by atoms with E-state index < -0.39 is 12.1 Å². The lowest BCUT2D eigenvalue weighted by Gasteiger charge is -2.38. The minimum Gasteiger partial charge on any atom is -0.475 e. The number of hydrogen-bond acceptors (Lipinski definition) is 6. The summed E-state index contributed by atoms with van der Waals surface area (Å²) in [6.45, 7) is 1.55. The van der Waals surface area contributed by atoms with Gasteiger partial charge in [-0.3, -0.25) is 9.88 Å². The van der Waals surface area contributed by atoms with Crippen LogP contribution in [0.2, 0.25) is 5.02 Å². The van der Waals surface area contributed by atoms with Crippen LogP contribution in [0.25, 0.3) is 5.69 Å². The van der Waals surface area contributed by atoms with Crippen molar-refractivity contribution in [2.75, 3.05) is 5.32 Å². The molecular weight excluding hydrogens is 587 g/mol. The SMILES string of the molecule is O=C(O)C(F)(F)F.O=c1[nH]c(Nc2ccc(CN(Cc3ccccc3)C3CCCCC3O)cc2)nn1-c1ccc(Cl)cc1. The summed E-state index contributed by atoms with van der Waals surface area (Å²) >= 11 is 5.94. The van der Waals surface area contributed by atoms with Crippen molar-refractivity contribution in [3.05, 3.63) is 105 Å². The second-order valence-electron chi connectivity index (χ2n) is 10.1. The summed E-state index contributed by atoms with van der Waals surface area (Å²) in [4.78, 5) is 26.4. The van der Waals surface area contributed by atoms with Gasteiger partial charge in [-0.15, -0.1) is 5.10 Å². The molecule has 1 fully saturated rings. The van der Waals surface area contributed by atoms with Crippen LogP contribution in [0.5, 0.6) is 0 Å². The summed E-state index contributed by atoms with van der Waals surface area (Å²) in [5, 5.41) is 26.0. The lowest BCUT2D eigenvalue weighted by molar-refractivity contribution is -0.192. The lowest BCUT2D eigenvalue weighted by Crippen LogP contribution is -2.44. The number of aromatic nitrogens is 3. The Bertz CT molecular complexity index is 1530. The van der Waals surface area contributed by atoms with Crippen molar-refractivity contribution in [1.82, 2.24) is 19.7 Å². The molecule has 228 valence electrons. The zero-order valence-electron chi connectivity index (χ0n) is 23.0. The van der Waals surface area contributed by atoms with Gasteiger partial charge >= 0.3 is 17.8 Å². The number of rotatable bonds is 8. The number of H-pyrrole nitrogens is 1. The first kappa shape index (κ1) is 31.8. The van der Waals surface area contributed by atoms with E-state index in [1.165, 1.54) is 10.2 Å². The van der Waals surface area contributed by atoms with E-state index in [-0.39, 0.29) is 17.8 Å². The van der Waals surface area contributed by atoms with Gasteiger partial charge in [0.15, 0.2) is 0 Å². The molecule has 1 aromatic heterocycles. The number of nitrogens with zero attached hydrogens (tertiary/aromatic N) is 3. The van der Waals surface area contributed by atoms with E-state index >= 15 is 0 Å². The van der Waals surface area contributed by atoms with Crippen molar-refractivity contribution in [3.8, 4) is 5.69 Å². The molecule has 0 bridgehead atoms. The zero-order chi connectivity index (χ0) is 31.0. The molecule has 1 heterocycles. The van der Waals surface area contributed by atoms with Gasteiger partial charge in [0.05, 0.1) is 11.8 Å². The first-order chi connectivity index (χ1) is 20.5. The molecule has 0 spiro atoms. The molecule has 0 saturated heterocycles. The summed E-state index contributed by atoms with van der Waals surface area (Å²) in [6.07, 6.45) is -1.27. The minimum atomic E-state index is -5.08. The van der Waals surface area contributed by atoms with Gasteiger partial charge in [0.25, 0.3) is 0 Å². The molecule has 5 rings (SSSR count). The summed E-state index contributed by atoms with van der Waals surface area (Å²) in [7, 11) is 0. The normalized spacial score (nSPS) is 16.8. The Hall–Kier alpha value is -4.13. The van der Waals surface area contributed by atoms with Gasteiger partial charge < -0.3 is 15.5 Å². The van der Waals surface area contributed by atoms with Gasteiger partial charge in [-0.1, -0.05) is 66.9 Å². The fraction of sp³-hybridized carbons (Fsp3) is 0.300. The fourth-order valence-electron chi connectivity index (χ4n) is 4.83. The number of aromatic amines is 1. The number of carbonyl (C=O) groups is 1. The van der Waals surface area contributed by atoms with Gasteiger partial charge in [-0.05, 0) is 60.4 Å². The maximum Gasteiger partial charge on any atom is 0.490 e. The van der Waals surface area contributed by atoms with Gasteiger partial charge in [0, 0.05) is 29.8 Å². The monoisotopic (exact) mass is 617 g/mol. The minimum absolute atomic E-state index is 0.152. The van der Waals surface area contributed by atoms with Crippen LogP contribution in [-0.4, -0.2) is 54.2 Å². The number of halogens is 4. The van der Waals surface area contributed by atoms with E-state index in [9.17, 15) is 23.1 Å². The van der Waals surface area contributed by atoms with Gasteiger partial charge in [0.1, 0.15) is 0 Å². The largest absolute Gasteiger partial charge is 0.490 e.